The van der Waals surface area contributed by atoms with Gasteiger partial charge in [0.2, 0.25) is 0 Å². The van der Waals surface area contributed by atoms with Gasteiger partial charge in [-0.2, -0.15) is 0 Å². The fourth-order valence-electron chi connectivity index (χ4n) is 1.74. The van der Waals surface area contributed by atoms with Gasteiger partial charge in [-0.1, -0.05) is 18.2 Å². The van der Waals surface area contributed by atoms with Gasteiger partial charge in [0.15, 0.2) is 0 Å². The molecule has 0 aromatic carbocycles. The zero-order valence-corrected chi connectivity index (χ0v) is 7.72. The number of hydrogen-bond donors (Lipinski definition) is 0. The molecule has 3 rings (SSSR count). The maximum atomic E-state index is 4.57. The highest BCUT2D eigenvalue weighted by atomic mass is 15.2. The second kappa shape index (κ2) is 2.84. The van der Waals surface area contributed by atoms with Crippen molar-refractivity contribution < 1.29 is 0 Å². The van der Waals surface area contributed by atoms with Crippen molar-refractivity contribution in [2.24, 2.45) is 4.99 Å². The molecule has 2 heterocycles. The van der Waals surface area contributed by atoms with Gasteiger partial charge in [-0.15, -0.1) is 0 Å². The quantitative estimate of drug-likeness (QED) is 0.562. The zero-order valence-electron chi connectivity index (χ0n) is 7.72. The maximum absolute atomic E-state index is 4.57. The second-order valence-corrected chi connectivity index (χ2v) is 3.42. The minimum atomic E-state index is 0.983. The standard InChI is InChI=1S/C12H10N2/c1-2-6-11-10(5-1)9-14-8-4-3-7-12(14)13-11/h1-4,6-9H,5H2. The van der Waals surface area contributed by atoms with E-state index < -0.39 is 0 Å². The van der Waals surface area contributed by atoms with Crippen LogP contribution in [0, 0.1) is 0 Å². The van der Waals surface area contributed by atoms with E-state index >= 15 is 0 Å². The summed E-state index contributed by atoms with van der Waals surface area (Å²) in [6, 6.07) is 0. The summed E-state index contributed by atoms with van der Waals surface area (Å²) in [6.45, 7) is 0. The summed E-state index contributed by atoms with van der Waals surface area (Å²) < 4.78 is 0. The second-order valence-electron chi connectivity index (χ2n) is 3.42. The molecular formula is C12H10N2. The zero-order chi connectivity index (χ0) is 9.38. The first-order valence-corrected chi connectivity index (χ1v) is 4.73. The van der Waals surface area contributed by atoms with Crippen LogP contribution in [0.25, 0.3) is 0 Å². The summed E-state index contributed by atoms with van der Waals surface area (Å²) in [7, 11) is 0. The monoisotopic (exact) mass is 182 g/mol. The number of aliphatic imine (C=N–C) groups is 1. The molecule has 0 amide bonds. The fraction of sp³-hybridized carbons (Fsp3) is 0.0833. The molecule has 0 aromatic rings. The molecule has 0 aromatic heterocycles. The molecule has 0 saturated carbocycles. The first-order valence-electron chi connectivity index (χ1n) is 4.73. The molecule has 0 radical (unpaired) electrons. The summed E-state index contributed by atoms with van der Waals surface area (Å²) in [6.07, 6.45) is 17.5. The SMILES string of the molecule is C1=CCC2=CN3C=CC=CC3=NC2=C1. The normalized spacial score (nSPS) is 22.3. The highest BCUT2D eigenvalue weighted by Crippen LogP contribution is 2.26. The molecule has 2 heteroatoms. The Labute approximate surface area is 82.9 Å². The van der Waals surface area contributed by atoms with Crippen molar-refractivity contribution in [1.82, 2.24) is 4.90 Å². The van der Waals surface area contributed by atoms with Crippen LogP contribution in [-0.4, -0.2) is 10.7 Å². The lowest BCUT2D eigenvalue weighted by atomic mass is 10.0. The van der Waals surface area contributed by atoms with Gasteiger partial charge in [0, 0.05) is 12.4 Å². The third kappa shape index (κ3) is 1.08. The van der Waals surface area contributed by atoms with E-state index in [9.17, 15) is 0 Å². The minimum Gasteiger partial charge on any atom is -0.308 e. The van der Waals surface area contributed by atoms with Gasteiger partial charge in [0.25, 0.3) is 0 Å². The summed E-state index contributed by atoms with van der Waals surface area (Å²) in [5.74, 6) is 0.998. The molecule has 0 fully saturated rings. The smallest absolute Gasteiger partial charge is 0.137 e. The van der Waals surface area contributed by atoms with Crippen LogP contribution in [0.3, 0.4) is 0 Å². The van der Waals surface area contributed by atoms with Crippen LogP contribution in [0.5, 0.6) is 0 Å². The van der Waals surface area contributed by atoms with Gasteiger partial charge in [0.05, 0.1) is 5.70 Å². The number of amidine groups is 1. The van der Waals surface area contributed by atoms with Gasteiger partial charge in [-0.25, -0.2) is 4.99 Å². The number of hydrogen-bond acceptors (Lipinski definition) is 2. The molecule has 68 valence electrons. The lowest BCUT2D eigenvalue weighted by Gasteiger charge is -2.25. The molecule has 0 atom stereocenters. The lowest BCUT2D eigenvalue weighted by Crippen LogP contribution is -2.24. The van der Waals surface area contributed by atoms with Gasteiger partial charge in [-0.05, 0) is 30.2 Å². The Morgan fingerprint density at radius 3 is 3.21 bits per heavy atom. The predicted octanol–water partition coefficient (Wildman–Crippen LogP) is 2.51. The van der Waals surface area contributed by atoms with Crippen LogP contribution in [0.1, 0.15) is 6.42 Å². The molecular weight excluding hydrogens is 172 g/mol. The Balaban J connectivity index is 2.08. The van der Waals surface area contributed by atoms with E-state index in [0.29, 0.717) is 0 Å². The molecule has 0 spiro atoms. The van der Waals surface area contributed by atoms with Crippen LogP contribution in [0.4, 0.5) is 0 Å². The van der Waals surface area contributed by atoms with E-state index in [4.69, 9.17) is 0 Å². The fourth-order valence-corrected chi connectivity index (χ4v) is 1.74. The van der Waals surface area contributed by atoms with E-state index in [2.05, 4.69) is 34.3 Å². The molecule has 0 bridgehead atoms. The number of fused-ring (bicyclic) bond motifs is 2. The van der Waals surface area contributed by atoms with Crippen LogP contribution < -0.4 is 0 Å². The first kappa shape index (κ1) is 7.56. The van der Waals surface area contributed by atoms with Crippen molar-refractivity contribution in [2.75, 3.05) is 0 Å². The summed E-state index contributed by atoms with van der Waals surface area (Å²) in [4.78, 5) is 6.63. The molecule has 0 N–H and O–H groups in total. The van der Waals surface area contributed by atoms with Gasteiger partial charge < -0.3 is 4.90 Å². The Morgan fingerprint density at radius 1 is 1.21 bits per heavy atom. The van der Waals surface area contributed by atoms with Crippen LogP contribution in [0.15, 0.2) is 65.1 Å². The minimum absolute atomic E-state index is 0.983. The van der Waals surface area contributed by atoms with Gasteiger partial charge >= 0.3 is 0 Å². The molecule has 2 aliphatic heterocycles. The van der Waals surface area contributed by atoms with Gasteiger partial charge in [-0.3, -0.25) is 0 Å². The highest BCUT2D eigenvalue weighted by molar-refractivity contribution is 5.97. The average molecular weight is 182 g/mol. The van der Waals surface area contributed by atoms with E-state index in [1.165, 1.54) is 5.57 Å². The van der Waals surface area contributed by atoms with E-state index in [-0.39, 0.29) is 0 Å². The molecule has 1 aliphatic carbocycles. The Kier molecular flexibility index (Phi) is 1.53. The number of rotatable bonds is 0. The average Bonchev–Trinajstić information content (AvgIpc) is 2.26. The van der Waals surface area contributed by atoms with E-state index in [1.54, 1.807) is 0 Å². The number of nitrogens with zero attached hydrogens (tertiary/aromatic N) is 2. The molecule has 14 heavy (non-hydrogen) atoms. The van der Waals surface area contributed by atoms with Crippen molar-refractivity contribution in [3.05, 3.63) is 60.1 Å². The van der Waals surface area contributed by atoms with E-state index in [1.807, 2.05) is 24.4 Å². The summed E-state index contributed by atoms with van der Waals surface area (Å²) in [5.41, 5.74) is 2.38. The Bertz CT molecular complexity index is 445. The topological polar surface area (TPSA) is 15.6 Å². The molecule has 2 nitrogen and oxygen atoms in total. The van der Waals surface area contributed by atoms with Crippen molar-refractivity contribution in [3.63, 3.8) is 0 Å². The van der Waals surface area contributed by atoms with Crippen molar-refractivity contribution in [1.29, 1.82) is 0 Å². The summed E-state index contributed by atoms with van der Waals surface area (Å²) in [5, 5.41) is 0. The van der Waals surface area contributed by atoms with Crippen molar-refractivity contribution in [3.8, 4) is 0 Å². The highest BCUT2D eigenvalue weighted by Gasteiger charge is 2.16. The molecule has 0 unspecified atom stereocenters. The van der Waals surface area contributed by atoms with Gasteiger partial charge in [0.1, 0.15) is 5.84 Å². The lowest BCUT2D eigenvalue weighted by molar-refractivity contribution is 0.728. The maximum Gasteiger partial charge on any atom is 0.137 e. The third-order valence-electron chi connectivity index (χ3n) is 2.45. The Morgan fingerprint density at radius 2 is 2.21 bits per heavy atom. The Hall–Kier alpha value is -1.83. The van der Waals surface area contributed by atoms with Crippen LogP contribution in [-0.2, 0) is 0 Å². The van der Waals surface area contributed by atoms with E-state index in [0.717, 1.165) is 18.0 Å². The third-order valence-corrected chi connectivity index (χ3v) is 2.45. The summed E-state index contributed by atoms with van der Waals surface area (Å²) >= 11 is 0. The van der Waals surface area contributed by atoms with Crippen molar-refractivity contribution in [2.45, 2.75) is 6.42 Å². The predicted molar refractivity (Wildman–Crippen MR) is 57.5 cm³/mol. The number of allylic oxidation sites excluding steroid dienone is 6. The first-order chi connectivity index (χ1) is 6.93. The van der Waals surface area contributed by atoms with Crippen molar-refractivity contribution >= 4 is 5.84 Å². The largest absolute Gasteiger partial charge is 0.308 e. The van der Waals surface area contributed by atoms with Crippen LogP contribution >= 0.6 is 0 Å². The molecule has 3 aliphatic rings. The van der Waals surface area contributed by atoms with Crippen LogP contribution in [0.2, 0.25) is 0 Å². The molecule has 0 saturated heterocycles.